The maximum absolute atomic E-state index is 11.6. The van der Waals surface area contributed by atoms with Crippen molar-refractivity contribution in [2.24, 2.45) is 0 Å². The molecule has 1 aromatic carbocycles. The molecule has 0 unspecified atom stereocenters. The highest BCUT2D eigenvalue weighted by atomic mass is 16.5. The zero-order valence-corrected chi connectivity index (χ0v) is 11.1. The van der Waals surface area contributed by atoms with Crippen LogP contribution >= 0.6 is 0 Å². The van der Waals surface area contributed by atoms with Crippen molar-refractivity contribution >= 4 is 5.69 Å². The summed E-state index contributed by atoms with van der Waals surface area (Å²) in [7, 11) is 1.41. The third-order valence-electron chi connectivity index (χ3n) is 3.23. The number of nitrogens with zero attached hydrogens (tertiary/aromatic N) is 1. The van der Waals surface area contributed by atoms with Gasteiger partial charge in [0.2, 0.25) is 5.75 Å². The van der Waals surface area contributed by atoms with Gasteiger partial charge in [0.1, 0.15) is 0 Å². The summed E-state index contributed by atoms with van der Waals surface area (Å²) in [6.07, 6.45) is 3.41. The first kappa shape index (κ1) is 12.5. The maximum atomic E-state index is 11.6. The number of aryl methyl sites for hydroxylation is 1. The largest absolute Gasteiger partial charge is 0.487 e. The van der Waals surface area contributed by atoms with E-state index >= 15 is 0 Å². The molecule has 0 saturated heterocycles. The quantitative estimate of drug-likeness (QED) is 0.893. The van der Waals surface area contributed by atoms with Crippen LogP contribution < -0.4 is 20.3 Å². The van der Waals surface area contributed by atoms with Gasteiger partial charge in [0.05, 0.1) is 19.1 Å². The lowest BCUT2D eigenvalue weighted by atomic mass is 10.0. The van der Waals surface area contributed by atoms with E-state index in [1.807, 2.05) is 12.1 Å². The van der Waals surface area contributed by atoms with Crippen LogP contribution in [0.15, 0.2) is 29.3 Å². The Morgan fingerprint density at radius 1 is 1.35 bits per heavy atom. The van der Waals surface area contributed by atoms with E-state index in [0.717, 1.165) is 25.1 Å². The molecule has 0 amide bonds. The Balaban J connectivity index is 2.00. The number of fused-ring (bicyclic) bond motifs is 1. The molecule has 0 fully saturated rings. The molecule has 0 bridgehead atoms. The zero-order valence-electron chi connectivity index (χ0n) is 11.1. The number of hydrogen-bond acceptors (Lipinski definition) is 5. The minimum atomic E-state index is -0.366. The lowest BCUT2D eigenvalue weighted by Gasteiger charge is -2.20. The second kappa shape index (κ2) is 5.24. The highest BCUT2D eigenvalue weighted by Gasteiger charge is 2.17. The van der Waals surface area contributed by atoms with Crippen LogP contribution in [0.25, 0.3) is 0 Å². The van der Waals surface area contributed by atoms with Crippen LogP contribution in [0, 0.1) is 0 Å². The molecule has 20 heavy (non-hydrogen) atoms. The molecule has 2 heterocycles. The average molecular weight is 273 g/mol. The highest BCUT2D eigenvalue weighted by Crippen LogP contribution is 2.36. The lowest BCUT2D eigenvalue weighted by Crippen LogP contribution is -2.14. The number of benzene rings is 1. The summed E-state index contributed by atoms with van der Waals surface area (Å²) in [5.41, 5.74) is 1.80. The number of aromatic nitrogens is 2. The molecular formula is C14H15N3O3. The van der Waals surface area contributed by atoms with Gasteiger partial charge in [-0.25, -0.2) is 4.98 Å². The van der Waals surface area contributed by atoms with Crippen LogP contribution in [0.3, 0.4) is 0 Å². The Morgan fingerprint density at radius 2 is 2.25 bits per heavy atom. The van der Waals surface area contributed by atoms with E-state index in [9.17, 15) is 4.79 Å². The van der Waals surface area contributed by atoms with Crippen LogP contribution in [-0.4, -0.2) is 23.6 Å². The summed E-state index contributed by atoms with van der Waals surface area (Å²) in [4.78, 5) is 18.1. The summed E-state index contributed by atoms with van der Waals surface area (Å²) in [5.74, 6) is 0.886. The summed E-state index contributed by atoms with van der Waals surface area (Å²) in [6, 6.07) is 5.84. The van der Waals surface area contributed by atoms with Crippen molar-refractivity contribution in [1.29, 1.82) is 0 Å². The van der Waals surface area contributed by atoms with Crippen LogP contribution in [-0.2, 0) is 6.42 Å². The SMILES string of the molecule is COc1c(Oc2cccc3c2NCCC3)nc[nH]c1=O. The van der Waals surface area contributed by atoms with E-state index in [4.69, 9.17) is 9.47 Å². The number of aromatic amines is 1. The molecule has 0 aliphatic carbocycles. The number of H-pyrrole nitrogens is 1. The number of nitrogens with one attached hydrogen (secondary N) is 2. The predicted molar refractivity (Wildman–Crippen MR) is 74.7 cm³/mol. The number of anilines is 1. The van der Waals surface area contributed by atoms with Crippen LogP contribution in [0.1, 0.15) is 12.0 Å². The molecular weight excluding hydrogens is 258 g/mol. The molecule has 1 aliphatic rings. The molecule has 2 N–H and O–H groups in total. The van der Waals surface area contributed by atoms with E-state index in [-0.39, 0.29) is 17.2 Å². The third-order valence-corrected chi connectivity index (χ3v) is 3.23. The summed E-state index contributed by atoms with van der Waals surface area (Å²) in [5, 5.41) is 3.32. The second-order valence-corrected chi connectivity index (χ2v) is 4.49. The van der Waals surface area contributed by atoms with Crippen LogP contribution in [0.4, 0.5) is 5.69 Å². The molecule has 6 heteroatoms. The van der Waals surface area contributed by atoms with Gasteiger partial charge in [-0.1, -0.05) is 12.1 Å². The fourth-order valence-corrected chi connectivity index (χ4v) is 2.29. The lowest BCUT2D eigenvalue weighted by molar-refractivity contribution is 0.363. The number of methoxy groups -OCH3 is 1. The van der Waals surface area contributed by atoms with Crippen molar-refractivity contribution in [2.75, 3.05) is 19.0 Å². The van der Waals surface area contributed by atoms with E-state index in [1.54, 1.807) is 0 Å². The van der Waals surface area contributed by atoms with Crippen molar-refractivity contribution < 1.29 is 9.47 Å². The zero-order chi connectivity index (χ0) is 13.9. The minimum Gasteiger partial charge on any atom is -0.487 e. The Bertz CT molecular complexity index is 682. The van der Waals surface area contributed by atoms with Gasteiger partial charge in [-0.05, 0) is 24.5 Å². The predicted octanol–water partition coefficient (Wildman–Crippen LogP) is 1.93. The summed E-state index contributed by atoms with van der Waals surface area (Å²) >= 11 is 0. The first-order chi connectivity index (χ1) is 9.79. The van der Waals surface area contributed by atoms with Crippen molar-refractivity contribution in [3.63, 3.8) is 0 Å². The minimum absolute atomic E-state index is 0.0703. The van der Waals surface area contributed by atoms with Crippen LogP contribution in [0.2, 0.25) is 0 Å². The van der Waals surface area contributed by atoms with Gasteiger partial charge in [0, 0.05) is 6.54 Å². The summed E-state index contributed by atoms with van der Waals surface area (Å²) in [6.45, 7) is 0.910. The Morgan fingerprint density at radius 3 is 3.10 bits per heavy atom. The van der Waals surface area contributed by atoms with Gasteiger partial charge in [-0.2, -0.15) is 0 Å². The molecule has 104 valence electrons. The molecule has 1 aliphatic heterocycles. The molecule has 1 aromatic heterocycles. The average Bonchev–Trinajstić information content (AvgIpc) is 2.48. The van der Waals surface area contributed by atoms with E-state index in [0.29, 0.717) is 5.75 Å². The molecule has 0 radical (unpaired) electrons. The van der Waals surface area contributed by atoms with Gasteiger partial charge >= 0.3 is 0 Å². The van der Waals surface area contributed by atoms with E-state index < -0.39 is 0 Å². The molecule has 6 nitrogen and oxygen atoms in total. The van der Waals surface area contributed by atoms with Gasteiger partial charge in [-0.3, -0.25) is 4.79 Å². The van der Waals surface area contributed by atoms with Crippen molar-refractivity contribution in [3.8, 4) is 17.4 Å². The van der Waals surface area contributed by atoms with E-state index in [2.05, 4.69) is 21.4 Å². The van der Waals surface area contributed by atoms with Gasteiger partial charge in [0.15, 0.2) is 5.75 Å². The van der Waals surface area contributed by atoms with Crippen molar-refractivity contribution in [3.05, 3.63) is 40.4 Å². The fourth-order valence-electron chi connectivity index (χ4n) is 2.29. The van der Waals surface area contributed by atoms with Crippen LogP contribution in [0.5, 0.6) is 17.4 Å². The first-order valence-electron chi connectivity index (χ1n) is 6.45. The normalized spacial score (nSPS) is 13.2. The monoisotopic (exact) mass is 273 g/mol. The highest BCUT2D eigenvalue weighted by molar-refractivity contribution is 5.64. The van der Waals surface area contributed by atoms with Gasteiger partial charge < -0.3 is 19.8 Å². The van der Waals surface area contributed by atoms with Crippen molar-refractivity contribution in [2.45, 2.75) is 12.8 Å². The number of hydrogen-bond donors (Lipinski definition) is 2. The van der Waals surface area contributed by atoms with Gasteiger partial charge in [-0.15, -0.1) is 0 Å². The molecule has 0 spiro atoms. The Labute approximate surface area is 115 Å². The van der Waals surface area contributed by atoms with Crippen molar-refractivity contribution in [1.82, 2.24) is 9.97 Å². The van der Waals surface area contributed by atoms with Gasteiger partial charge in [0.25, 0.3) is 11.4 Å². The molecule has 3 rings (SSSR count). The third kappa shape index (κ3) is 2.20. The standard InChI is InChI=1S/C14H15N3O3/c1-19-12-13(18)16-8-17-14(12)20-10-6-2-4-9-5-3-7-15-11(9)10/h2,4,6,8,15H,3,5,7H2,1H3,(H,16,17,18). The second-order valence-electron chi connectivity index (χ2n) is 4.49. The smallest absolute Gasteiger partial charge is 0.297 e. The number of ether oxygens (including phenoxy) is 2. The fraction of sp³-hybridized carbons (Fsp3) is 0.286. The summed E-state index contributed by atoms with van der Waals surface area (Å²) < 4.78 is 10.8. The molecule has 0 saturated carbocycles. The van der Waals surface area contributed by atoms with E-state index in [1.165, 1.54) is 19.0 Å². The number of para-hydroxylation sites is 1. The maximum Gasteiger partial charge on any atom is 0.297 e. The topological polar surface area (TPSA) is 76.2 Å². The number of rotatable bonds is 3. The Kier molecular flexibility index (Phi) is 3.28. The first-order valence-corrected chi connectivity index (χ1v) is 6.45. The molecule has 2 aromatic rings. The molecule has 0 atom stereocenters. The Hall–Kier alpha value is -2.50.